The molecule has 2 N–H and O–H groups in total. The van der Waals surface area contributed by atoms with Crippen LogP contribution in [0.2, 0.25) is 38.8 Å². The molecule has 102 valence electrons. The summed E-state index contributed by atoms with van der Waals surface area (Å²) in [6.45, 7) is 19.4. The summed E-state index contributed by atoms with van der Waals surface area (Å²) in [5.41, 5.74) is 7.08. The maximum atomic E-state index is 6.56. The molecule has 1 aliphatic heterocycles. The van der Waals surface area contributed by atoms with Crippen LogP contribution in [0.5, 0.6) is 0 Å². The second kappa shape index (κ2) is 4.30. The molecule has 0 aromatic heterocycles. The molecule has 0 saturated carbocycles. The average molecular weight is 290 g/mol. The van der Waals surface area contributed by atoms with E-state index in [1.54, 1.807) is 0 Å². The molecule has 1 heterocycles. The molecular formula is C12H31NOSi3. The van der Waals surface area contributed by atoms with E-state index in [9.17, 15) is 0 Å². The van der Waals surface area contributed by atoms with Crippen LogP contribution in [0.4, 0.5) is 0 Å². The standard InChI is InChI=1S/C12H31NOSi3/c1-9-11(13)17(8)10-12(2,3)14-15(4,5)16(17,6)7/h11H,9-10,13H2,1-8H3. The molecular weight excluding hydrogens is 258 g/mol. The zero-order valence-corrected chi connectivity index (χ0v) is 16.0. The molecule has 1 aliphatic rings. The van der Waals surface area contributed by atoms with Crippen LogP contribution in [0.15, 0.2) is 0 Å². The fourth-order valence-corrected chi connectivity index (χ4v) is 38.3. The van der Waals surface area contributed by atoms with Gasteiger partial charge in [0.05, 0.1) is 14.7 Å². The summed E-state index contributed by atoms with van der Waals surface area (Å²) in [7, 11) is -4.25. The quantitative estimate of drug-likeness (QED) is 0.792. The van der Waals surface area contributed by atoms with Gasteiger partial charge in [-0.2, -0.15) is 0 Å². The third-order valence-corrected chi connectivity index (χ3v) is 46.2. The van der Waals surface area contributed by atoms with Gasteiger partial charge in [-0.15, -0.1) is 0 Å². The first-order valence-corrected chi connectivity index (χ1v) is 17.5. The molecule has 2 nitrogen and oxygen atoms in total. The predicted molar refractivity (Wildman–Crippen MR) is 84.8 cm³/mol. The minimum atomic E-state index is -1.55. The summed E-state index contributed by atoms with van der Waals surface area (Å²) in [6.07, 6.45) is 1.14. The Morgan fingerprint density at radius 1 is 1.18 bits per heavy atom. The molecule has 1 fully saturated rings. The molecule has 2 atom stereocenters. The van der Waals surface area contributed by atoms with E-state index < -0.39 is 22.5 Å². The van der Waals surface area contributed by atoms with Crippen molar-refractivity contribution >= 4 is 22.5 Å². The first-order chi connectivity index (χ1) is 7.40. The lowest BCUT2D eigenvalue weighted by molar-refractivity contribution is 0.121. The summed E-state index contributed by atoms with van der Waals surface area (Å²) in [4.78, 5) is 0. The third-order valence-electron chi connectivity index (χ3n) is 5.52. The van der Waals surface area contributed by atoms with Gasteiger partial charge in [0.1, 0.15) is 0 Å². The highest BCUT2D eigenvalue weighted by molar-refractivity contribution is 7.68. The fourth-order valence-electron chi connectivity index (χ4n) is 3.69. The number of nitrogens with two attached hydrogens (primary N) is 1. The Kier molecular flexibility index (Phi) is 3.95. The summed E-state index contributed by atoms with van der Waals surface area (Å²) < 4.78 is 6.55. The van der Waals surface area contributed by atoms with E-state index in [1.165, 1.54) is 6.04 Å². The summed E-state index contributed by atoms with van der Waals surface area (Å²) in [5, 5.41) is 0. The van der Waals surface area contributed by atoms with Crippen LogP contribution in [0.1, 0.15) is 27.2 Å². The highest BCUT2D eigenvalue weighted by Crippen LogP contribution is 2.45. The third kappa shape index (κ3) is 2.36. The molecule has 17 heavy (non-hydrogen) atoms. The first-order valence-electron chi connectivity index (χ1n) is 6.85. The first kappa shape index (κ1) is 15.6. The van der Waals surface area contributed by atoms with Crippen molar-refractivity contribution in [2.24, 2.45) is 5.73 Å². The lowest BCUT2D eigenvalue weighted by atomic mass is 10.2. The van der Waals surface area contributed by atoms with Gasteiger partial charge in [0, 0.05) is 5.60 Å². The van der Waals surface area contributed by atoms with Gasteiger partial charge in [-0.25, -0.2) is 0 Å². The highest BCUT2D eigenvalue weighted by atomic mass is 29.6. The minimum absolute atomic E-state index is 0.0615. The van der Waals surface area contributed by atoms with E-state index in [-0.39, 0.29) is 5.60 Å². The zero-order valence-electron chi connectivity index (χ0n) is 13.0. The lowest BCUT2D eigenvalue weighted by Crippen LogP contribution is -2.83. The summed E-state index contributed by atoms with van der Waals surface area (Å²) >= 11 is 0. The molecule has 5 heteroatoms. The maximum absolute atomic E-state index is 6.56. The van der Waals surface area contributed by atoms with Crippen molar-refractivity contribution in [1.29, 1.82) is 0 Å². The van der Waals surface area contributed by atoms with Crippen LogP contribution in [0, 0.1) is 0 Å². The maximum Gasteiger partial charge on any atom is 0.172 e. The normalized spacial score (nSPS) is 36.5. The molecule has 1 saturated heterocycles. The van der Waals surface area contributed by atoms with Crippen LogP contribution in [-0.2, 0) is 4.43 Å². The molecule has 0 bridgehead atoms. The van der Waals surface area contributed by atoms with Gasteiger partial charge in [-0.05, 0) is 45.1 Å². The molecule has 1 rings (SSSR count). The smallest absolute Gasteiger partial charge is 0.172 e. The largest absolute Gasteiger partial charge is 0.416 e. The Balaban J connectivity index is 3.26. The van der Waals surface area contributed by atoms with E-state index in [4.69, 9.17) is 10.2 Å². The minimum Gasteiger partial charge on any atom is -0.416 e. The Labute approximate surface area is 110 Å². The van der Waals surface area contributed by atoms with E-state index in [1.807, 2.05) is 0 Å². The van der Waals surface area contributed by atoms with Gasteiger partial charge >= 0.3 is 0 Å². The topological polar surface area (TPSA) is 35.2 Å². The van der Waals surface area contributed by atoms with Crippen molar-refractivity contribution in [1.82, 2.24) is 0 Å². The number of hydrogen-bond acceptors (Lipinski definition) is 2. The zero-order chi connectivity index (χ0) is 13.7. The van der Waals surface area contributed by atoms with Gasteiger partial charge < -0.3 is 10.2 Å². The van der Waals surface area contributed by atoms with Gasteiger partial charge in [-0.1, -0.05) is 26.6 Å². The van der Waals surface area contributed by atoms with Crippen LogP contribution >= 0.6 is 0 Å². The average Bonchev–Trinajstić information content (AvgIpc) is 2.11. The second-order valence-electron chi connectivity index (χ2n) is 7.61. The van der Waals surface area contributed by atoms with Crippen molar-refractivity contribution in [3.8, 4) is 0 Å². The molecule has 0 radical (unpaired) electrons. The Hall–Kier alpha value is 0.571. The molecule has 0 aromatic rings. The van der Waals surface area contributed by atoms with Gasteiger partial charge in [0.2, 0.25) is 0 Å². The molecule has 0 spiro atoms. The van der Waals surface area contributed by atoms with E-state index in [0.717, 1.165) is 6.42 Å². The number of hydrogen-bond donors (Lipinski definition) is 1. The van der Waals surface area contributed by atoms with Gasteiger partial charge in [-0.3, -0.25) is 0 Å². The lowest BCUT2D eigenvalue weighted by Gasteiger charge is -2.60. The fraction of sp³-hybridized carbons (Fsp3) is 1.00. The van der Waals surface area contributed by atoms with E-state index in [0.29, 0.717) is 5.67 Å². The van der Waals surface area contributed by atoms with E-state index in [2.05, 4.69) is 53.5 Å². The van der Waals surface area contributed by atoms with Crippen molar-refractivity contribution < 1.29 is 4.43 Å². The Bertz CT molecular complexity index is 304. The van der Waals surface area contributed by atoms with Crippen LogP contribution in [0.25, 0.3) is 0 Å². The van der Waals surface area contributed by atoms with Crippen LogP contribution < -0.4 is 5.73 Å². The predicted octanol–water partition coefficient (Wildman–Crippen LogP) is 3.22. The monoisotopic (exact) mass is 289 g/mol. The highest BCUT2D eigenvalue weighted by Gasteiger charge is 2.64. The molecule has 0 amide bonds. The van der Waals surface area contributed by atoms with Crippen LogP contribution in [0.3, 0.4) is 0 Å². The SMILES string of the molecule is CCC(N)[Si]1(C)CC(C)(C)O[Si](C)(C)[Si]1(C)C. The molecule has 0 aromatic carbocycles. The van der Waals surface area contributed by atoms with Crippen LogP contribution in [-0.4, -0.2) is 33.8 Å². The van der Waals surface area contributed by atoms with Gasteiger partial charge in [0.25, 0.3) is 0 Å². The van der Waals surface area contributed by atoms with Gasteiger partial charge in [0.15, 0.2) is 7.83 Å². The van der Waals surface area contributed by atoms with Crippen molar-refractivity contribution in [2.75, 3.05) is 0 Å². The molecule has 2 unspecified atom stereocenters. The summed E-state index contributed by atoms with van der Waals surface area (Å²) in [5.74, 6) is 0. The van der Waals surface area contributed by atoms with E-state index >= 15 is 0 Å². The Morgan fingerprint density at radius 3 is 2.06 bits per heavy atom. The Morgan fingerprint density at radius 2 is 1.65 bits per heavy atom. The van der Waals surface area contributed by atoms with Crippen molar-refractivity contribution in [2.45, 2.75) is 77.2 Å². The molecule has 0 aliphatic carbocycles. The number of rotatable bonds is 2. The second-order valence-corrected chi connectivity index (χ2v) is 34.0. The van der Waals surface area contributed by atoms with Crippen molar-refractivity contribution in [3.63, 3.8) is 0 Å². The van der Waals surface area contributed by atoms with Crippen molar-refractivity contribution in [3.05, 3.63) is 0 Å². The summed E-state index contributed by atoms with van der Waals surface area (Å²) in [6, 6.07) is 1.25.